The summed E-state index contributed by atoms with van der Waals surface area (Å²) in [6, 6.07) is -0.0224. The summed E-state index contributed by atoms with van der Waals surface area (Å²) in [6.45, 7) is 2.78. The van der Waals surface area contributed by atoms with E-state index in [0.717, 1.165) is 36.4 Å². The first kappa shape index (κ1) is 16.4. The standard InChI is InChI=1S/C12H24N2O4S/c1-12(2,11(15)16)14(4)19(17,18)13(3)10-8-6-5-7-9-10/h10H,5-9H2,1-4H3,(H,15,16). The molecule has 0 heterocycles. The summed E-state index contributed by atoms with van der Waals surface area (Å²) in [5, 5.41) is 9.14. The van der Waals surface area contributed by atoms with Gasteiger partial charge in [0.1, 0.15) is 5.54 Å². The fraction of sp³-hybridized carbons (Fsp3) is 0.917. The lowest BCUT2D eigenvalue weighted by Crippen LogP contribution is -2.56. The number of likely N-dealkylation sites (N-methyl/N-ethyl adjacent to an activating group) is 1. The minimum absolute atomic E-state index is 0.0224. The fourth-order valence-electron chi connectivity index (χ4n) is 2.25. The van der Waals surface area contributed by atoms with Crippen molar-refractivity contribution < 1.29 is 18.3 Å². The maximum atomic E-state index is 12.5. The minimum atomic E-state index is -3.76. The van der Waals surface area contributed by atoms with E-state index in [1.807, 2.05) is 0 Å². The number of carboxylic acids is 1. The Balaban J connectivity index is 2.93. The molecule has 0 saturated heterocycles. The highest BCUT2D eigenvalue weighted by Gasteiger charge is 2.42. The first-order chi connectivity index (χ1) is 8.61. The Hall–Kier alpha value is -0.660. The van der Waals surface area contributed by atoms with Crippen LogP contribution in [0.25, 0.3) is 0 Å². The topological polar surface area (TPSA) is 77.9 Å². The molecule has 0 unspecified atom stereocenters. The SMILES string of the molecule is CN(C1CCCCC1)S(=O)(=O)N(C)C(C)(C)C(=O)O. The highest BCUT2D eigenvalue weighted by molar-refractivity contribution is 7.86. The molecule has 0 aromatic heterocycles. The summed E-state index contributed by atoms with van der Waals surface area (Å²) in [7, 11) is -0.892. The zero-order valence-electron chi connectivity index (χ0n) is 12.1. The van der Waals surface area contributed by atoms with Crippen molar-refractivity contribution in [2.45, 2.75) is 57.5 Å². The second kappa shape index (κ2) is 5.76. The van der Waals surface area contributed by atoms with E-state index >= 15 is 0 Å². The summed E-state index contributed by atoms with van der Waals surface area (Å²) >= 11 is 0. The molecule has 0 atom stereocenters. The van der Waals surface area contributed by atoms with Gasteiger partial charge in [-0.2, -0.15) is 17.0 Å². The van der Waals surface area contributed by atoms with Gasteiger partial charge in [0.2, 0.25) is 0 Å². The van der Waals surface area contributed by atoms with Gasteiger partial charge in [-0.1, -0.05) is 19.3 Å². The van der Waals surface area contributed by atoms with Crippen molar-refractivity contribution in [3.05, 3.63) is 0 Å². The smallest absolute Gasteiger partial charge is 0.324 e. The molecule has 0 aromatic rings. The monoisotopic (exact) mass is 292 g/mol. The van der Waals surface area contributed by atoms with Crippen molar-refractivity contribution in [1.29, 1.82) is 0 Å². The molecule has 0 amide bonds. The van der Waals surface area contributed by atoms with Gasteiger partial charge < -0.3 is 5.11 Å². The highest BCUT2D eigenvalue weighted by Crippen LogP contribution is 2.27. The molecular weight excluding hydrogens is 268 g/mol. The molecule has 0 spiro atoms. The molecule has 1 rings (SSSR count). The average Bonchev–Trinajstić information content (AvgIpc) is 2.37. The third-order valence-electron chi connectivity index (χ3n) is 4.11. The number of nitrogens with zero attached hydrogens (tertiary/aromatic N) is 2. The quantitative estimate of drug-likeness (QED) is 0.828. The Morgan fingerprint density at radius 2 is 1.63 bits per heavy atom. The Morgan fingerprint density at radius 3 is 2.05 bits per heavy atom. The van der Waals surface area contributed by atoms with Gasteiger partial charge in [0.25, 0.3) is 10.2 Å². The van der Waals surface area contributed by atoms with Crippen LogP contribution in [0, 0.1) is 0 Å². The number of hydrogen-bond donors (Lipinski definition) is 1. The Kier molecular flexibility index (Phi) is 4.97. The summed E-state index contributed by atoms with van der Waals surface area (Å²) in [5.74, 6) is -1.16. The van der Waals surface area contributed by atoms with E-state index in [2.05, 4.69) is 0 Å². The van der Waals surface area contributed by atoms with Crippen molar-refractivity contribution in [2.24, 2.45) is 0 Å². The molecule has 0 aromatic carbocycles. The van der Waals surface area contributed by atoms with E-state index in [0.29, 0.717) is 0 Å². The van der Waals surface area contributed by atoms with Crippen molar-refractivity contribution in [3.8, 4) is 0 Å². The van der Waals surface area contributed by atoms with Crippen LogP contribution in [0.5, 0.6) is 0 Å². The molecule has 0 radical (unpaired) electrons. The summed E-state index contributed by atoms with van der Waals surface area (Å²) < 4.78 is 27.2. The van der Waals surface area contributed by atoms with E-state index < -0.39 is 21.7 Å². The van der Waals surface area contributed by atoms with Crippen LogP contribution in [0.2, 0.25) is 0 Å². The van der Waals surface area contributed by atoms with Crippen molar-refractivity contribution in [3.63, 3.8) is 0 Å². The maximum absolute atomic E-state index is 12.5. The zero-order chi connectivity index (χ0) is 14.8. The van der Waals surface area contributed by atoms with Gasteiger partial charge in [0.15, 0.2) is 0 Å². The molecule has 1 aliphatic carbocycles. The maximum Gasteiger partial charge on any atom is 0.324 e. The van der Waals surface area contributed by atoms with E-state index in [1.54, 1.807) is 7.05 Å². The molecule has 0 aliphatic heterocycles. The van der Waals surface area contributed by atoms with Gasteiger partial charge in [0.05, 0.1) is 0 Å². The van der Waals surface area contributed by atoms with Crippen LogP contribution in [-0.4, -0.2) is 53.8 Å². The predicted molar refractivity (Wildman–Crippen MR) is 73.0 cm³/mol. The second-order valence-electron chi connectivity index (χ2n) is 5.65. The second-order valence-corrected chi connectivity index (χ2v) is 7.67. The number of aliphatic carboxylic acids is 1. The highest BCUT2D eigenvalue weighted by atomic mass is 32.2. The van der Waals surface area contributed by atoms with Crippen LogP contribution in [0.15, 0.2) is 0 Å². The lowest BCUT2D eigenvalue weighted by atomic mass is 9.96. The molecule has 6 nitrogen and oxygen atoms in total. The lowest BCUT2D eigenvalue weighted by Gasteiger charge is -2.37. The number of hydrogen-bond acceptors (Lipinski definition) is 3. The molecule has 112 valence electrons. The third kappa shape index (κ3) is 3.27. The Morgan fingerprint density at radius 1 is 1.16 bits per heavy atom. The van der Waals surface area contributed by atoms with Crippen LogP contribution in [-0.2, 0) is 15.0 Å². The van der Waals surface area contributed by atoms with E-state index in [1.165, 1.54) is 25.2 Å². The number of rotatable bonds is 5. The van der Waals surface area contributed by atoms with Crippen LogP contribution >= 0.6 is 0 Å². The lowest BCUT2D eigenvalue weighted by molar-refractivity contribution is -0.146. The fourth-order valence-corrected chi connectivity index (χ4v) is 3.88. The van der Waals surface area contributed by atoms with Gasteiger partial charge in [-0.3, -0.25) is 4.79 Å². The van der Waals surface area contributed by atoms with E-state index in [9.17, 15) is 13.2 Å². The van der Waals surface area contributed by atoms with Gasteiger partial charge >= 0.3 is 5.97 Å². The summed E-state index contributed by atoms with van der Waals surface area (Å²) in [5.41, 5.74) is -1.46. The van der Waals surface area contributed by atoms with E-state index in [4.69, 9.17) is 5.11 Å². The van der Waals surface area contributed by atoms with Crippen LogP contribution in [0.3, 0.4) is 0 Å². The van der Waals surface area contributed by atoms with Gasteiger partial charge in [-0.25, -0.2) is 0 Å². The number of carbonyl (C=O) groups is 1. The van der Waals surface area contributed by atoms with E-state index in [-0.39, 0.29) is 6.04 Å². The molecule has 7 heteroatoms. The molecule has 19 heavy (non-hydrogen) atoms. The van der Waals surface area contributed by atoms with Gasteiger partial charge in [-0.15, -0.1) is 0 Å². The molecule has 1 fully saturated rings. The average molecular weight is 292 g/mol. The molecule has 1 saturated carbocycles. The zero-order valence-corrected chi connectivity index (χ0v) is 12.9. The largest absolute Gasteiger partial charge is 0.480 e. The van der Waals surface area contributed by atoms with Crippen molar-refractivity contribution in [1.82, 2.24) is 8.61 Å². The van der Waals surface area contributed by atoms with Gasteiger partial charge in [0, 0.05) is 20.1 Å². The summed E-state index contributed by atoms with van der Waals surface area (Å²) in [6.07, 6.45) is 4.88. The normalized spacial score (nSPS) is 19.1. The van der Waals surface area contributed by atoms with Crippen molar-refractivity contribution in [2.75, 3.05) is 14.1 Å². The summed E-state index contributed by atoms with van der Waals surface area (Å²) in [4.78, 5) is 11.2. The Labute approximate surface area is 115 Å². The van der Waals surface area contributed by atoms with Crippen molar-refractivity contribution >= 4 is 16.2 Å². The minimum Gasteiger partial charge on any atom is -0.480 e. The van der Waals surface area contributed by atoms with Crippen LogP contribution in [0.4, 0.5) is 0 Å². The first-order valence-electron chi connectivity index (χ1n) is 6.57. The predicted octanol–water partition coefficient (Wildman–Crippen LogP) is 1.29. The molecule has 1 N–H and O–H groups in total. The molecular formula is C12H24N2O4S. The van der Waals surface area contributed by atoms with Crippen LogP contribution in [0.1, 0.15) is 46.0 Å². The Bertz CT molecular complexity index is 427. The molecule has 1 aliphatic rings. The van der Waals surface area contributed by atoms with Crippen LogP contribution < -0.4 is 0 Å². The molecule has 0 bridgehead atoms. The van der Waals surface area contributed by atoms with Gasteiger partial charge in [-0.05, 0) is 26.7 Å². The number of carboxylic acid groups (broad SMARTS) is 1. The first-order valence-corrected chi connectivity index (χ1v) is 7.97. The third-order valence-corrected chi connectivity index (χ3v) is 6.28.